The Morgan fingerprint density at radius 3 is 2.21 bits per heavy atom. The molecule has 0 aromatic carbocycles. The van der Waals surface area contributed by atoms with Gasteiger partial charge in [0, 0.05) is 18.6 Å². The molecule has 0 bridgehead atoms. The van der Waals surface area contributed by atoms with E-state index in [1.807, 2.05) is 41.5 Å². The van der Waals surface area contributed by atoms with Crippen molar-refractivity contribution >= 4 is 12.1 Å². The van der Waals surface area contributed by atoms with Crippen molar-refractivity contribution in [3.8, 4) is 0 Å². The minimum atomic E-state index is -0.460. The van der Waals surface area contributed by atoms with Crippen LogP contribution in [-0.2, 0) is 4.74 Å². The number of hydrogen-bond acceptors (Lipinski definition) is 3. The first kappa shape index (κ1) is 15.6. The number of carbonyl (C=O) groups is 1. The van der Waals surface area contributed by atoms with Crippen LogP contribution in [0.25, 0.3) is 0 Å². The normalized spacial score (nSPS) is 18.0. The molecule has 1 aliphatic heterocycles. The second kappa shape index (κ2) is 5.27. The number of likely N-dealkylation sites (tertiary alicyclic amines) is 1. The Morgan fingerprint density at radius 2 is 1.79 bits per heavy atom. The fourth-order valence-corrected chi connectivity index (χ4v) is 1.63. The molecular weight excluding hydrogens is 244 g/mol. The van der Waals surface area contributed by atoms with Gasteiger partial charge in [-0.15, -0.1) is 0 Å². The number of nitrogens with one attached hydrogen (secondary N) is 1. The lowest BCUT2D eigenvalue weighted by Crippen LogP contribution is -2.55. The number of nitrogens with zero attached hydrogens (tertiary/aromatic N) is 2. The second-order valence-electron chi connectivity index (χ2n) is 6.93. The molecule has 0 saturated carbocycles. The summed E-state index contributed by atoms with van der Waals surface area (Å²) in [5, 5.41) is 3.09. The summed E-state index contributed by atoms with van der Waals surface area (Å²) < 4.78 is 5.27. The van der Waals surface area contributed by atoms with Crippen LogP contribution in [0.3, 0.4) is 0 Å². The van der Waals surface area contributed by atoms with Crippen molar-refractivity contribution < 1.29 is 9.53 Å². The topological polar surface area (TPSA) is 80.0 Å². The average molecular weight is 270 g/mol. The van der Waals surface area contributed by atoms with E-state index >= 15 is 0 Å². The predicted molar refractivity (Wildman–Crippen MR) is 76.1 cm³/mol. The van der Waals surface area contributed by atoms with E-state index < -0.39 is 5.60 Å². The van der Waals surface area contributed by atoms with Gasteiger partial charge in [0.25, 0.3) is 0 Å². The minimum absolute atomic E-state index is 0.0577. The summed E-state index contributed by atoms with van der Waals surface area (Å²) in [4.78, 5) is 17.7. The lowest BCUT2D eigenvalue weighted by molar-refractivity contribution is 0.00900. The SMILES string of the molecule is CC(C)(C)NC(N)=NC1CN(C(=O)OC(C)(C)C)C1. The number of hydrogen-bond donors (Lipinski definition) is 2. The monoisotopic (exact) mass is 270 g/mol. The zero-order valence-electron chi connectivity index (χ0n) is 12.8. The fourth-order valence-electron chi connectivity index (χ4n) is 1.63. The number of nitrogens with two attached hydrogens (primary N) is 1. The number of rotatable bonds is 1. The van der Waals surface area contributed by atoms with Crippen LogP contribution in [0.2, 0.25) is 0 Å². The summed E-state index contributed by atoms with van der Waals surface area (Å²) in [7, 11) is 0. The van der Waals surface area contributed by atoms with Crippen molar-refractivity contribution in [1.82, 2.24) is 10.2 Å². The number of ether oxygens (including phenoxy) is 1. The molecule has 1 aliphatic rings. The van der Waals surface area contributed by atoms with Gasteiger partial charge in [-0.1, -0.05) is 0 Å². The zero-order chi connectivity index (χ0) is 14.8. The molecule has 0 spiro atoms. The molecule has 1 heterocycles. The van der Waals surface area contributed by atoms with Crippen molar-refractivity contribution in [2.75, 3.05) is 13.1 Å². The summed E-state index contributed by atoms with van der Waals surface area (Å²) in [6.45, 7) is 12.7. The molecule has 0 unspecified atom stereocenters. The van der Waals surface area contributed by atoms with Gasteiger partial charge < -0.3 is 20.7 Å². The Hall–Kier alpha value is -1.46. The molecule has 1 amide bonds. The minimum Gasteiger partial charge on any atom is -0.444 e. The quantitative estimate of drug-likeness (QED) is 0.556. The van der Waals surface area contributed by atoms with Gasteiger partial charge in [0.05, 0.1) is 6.04 Å². The highest BCUT2D eigenvalue weighted by molar-refractivity contribution is 5.79. The van der Waals surface area contributed by atoms with Crippen LogP contribution in [0, 0.1) is 0 Å². The van der Waals surface area contributed by atoms with Crippen LogP contribution in [-0.4, -0.2) is 47.2 Å². The van der Waals surface area contributed by atoms with E-state index in [0.29, 0.717) is 19.0 Å². The van der Waals surface area contributed by atoms with Crippen molar-refractivity contribution in [2.45, 2.75) is 58.7 Å². The standard InChI is InChI=1S/C13H26N4O2/c1-12(2,3)16-10(14)15-9-7-17(8-9)11(18)19-13(4,5)6/h9H,7-8H2,1-6H3,(H3,14,15,16). The van der Waals surface area contributed by atoms with Crippen LogP contribution in [0.4, 0.5) is 4.79 Å². The number of guanidine groups is 1. The molecular formula is C13H26N4O2. The van der Waals surface area contributed by atoms with Gasteiger partial charge in [-0.3, -0.25) is 0 Å². The van der Waals surface area contributed by atoms with Gasteiger partial charge in [0.15, 0.2) is 5.96 Å². The zero-order valence-corrected chi connectivity index (χ0v) is 12.8. The highest BCUT2D eigenvalue weighted by Gasteiger charge is 2.33. The fraction of sp³-hybridized carbons (Fsp3) is 0.846. The van der Waals surface area contributed by atoms with E-state index in [2.05, 4.69) is 10.3 Å². The molecule has 1 rings (SSSR count). The van der Waals surface area contributed by atoms with Gasteiger partial charge in [0.1, 0.15) is 5.60 Å². The van der Waals surface area contributed by atoms with Crippen LogP contribution in [0.15, 0.2) is 4.99 Å². The highest BCUT2D eigenvalue weighted by Crippen LogP contribution is 2.17. The summed E-state index contributed by atoms with van der Waals surface area (Å²) in [6, 6.07) is 0.0577. The molecule has 0 aliphatic carbocycles. The molecule has 0 atom stereocenters. The third kappa shape index (κ3) is 5.81. The Bertz CT molecular complexity index is 360. The van der Waals surface area contributed by atoms with Crippen LogP contribution in [0.5, 0.6) is 0 Å². The van der Waals surface area contributed by atoms with E-state index in [9.17, 15) is 4.79 Å². The van der Waals surface area contributed by atoms with E-state index in [1.165, 1.54) is 0 Å². The van der Waals surface area contributed by atoms with E-state index in [4.69, 9.17) is 10.5 Å². The molecule has 6 nitrogen and oxygen atoms in total. The van der Waals surface area contributed by atoms with Crippen molar-refractivity contribution in [2.24, 2.45) is 10.7 Å². The molecule has 19 heavy (non-hydrogen) atoms. The maximum absolute atomic E-state index is 11.7. The van der Waals surface area contributed by atoms with Crippen molar-refractivity contribution in [3.63, 3.8) is 0 Å². The lowest BCUT2D eigenvalue weighted by atomic mass is 10.1. The van der Waals surface area contributed by atoms with Crippen LogP contribution >= 0.6 is 0 Å². The first-order chi connectivity index (χ1) is 8.46. The van der Waals surface area contributed by atoms with Gasteiger partial charge >= 0.3 is 6.09 Å². The first-order valence-corrected chi connectivity index (χ1v) is 6.56. The molecule has 1 saturated heterocycles. The molecule has 0 aromatic heterocycles. The highest BCUT2D eigenvalue weighted by atomic mass is 16.6. The van der Waals surface area contributed by atoms with Crippen LogP contribution in [0.1, 0.15) is 41.5 Å². The largest absolute Gasteiger partial charge is 0.444 e. The maximum Gasteiger partial charge on any atom is 0.410 e. The molecule has 110 valence electrons. The van der Waals surface area contributed by atoms with Gasteiger partial charge in [-0.25, -0.2) is 9.79 Å². The van der Waals surface area contributed by atoms with Gasteiger partial charge in [-0.05, 0) is 41.5 Å². The molecule has 0 aromatic rings. The number of amides is 1. The van der Waals surface area contributed by atoms with E-state index in [0.717, 1.165) is 0 Å². The van der Waals surface area contributed by atoms with Crippen molar-refractivity contribution in [3.05, 3.63) is 0 Å². The Morgan fingerprint density at radius 1 is 1.26 bits per heavy atom. The smallest absolute Gasteiger partial charge is 0.410 e. The third-order valence-electron chi connectivity index (χ3n) is 2.34. The van der Waals surface area contributed by atoms with E-state index in [1.54, 1.807) is 4.90 Å². The number of carbonyl (C=O) groups excluding carboxylic acids is 1. The second-order valence-corrected chi connectivity index (χ2v) is 6.93. The lowest BCUT2D eigenvalue weighted by Gasteiger charge is -2.38. The Kier molecular flexibility index (Phi) is 4.32. The Balaban J connectivity index is 2.38. The van der Waals surface area contributed by atoms with Crippen molar-refractivity contribution in [1.29, 1.82) is 0 Å². The average Bonchev–Trinajstić information content (AvgIpc) is 2.03. The maximum atomic E-state index is 11.7. The predicted octanol–water partition coefficient (Wildman–Crippen LogP) is 1.31. The number of aliphatic imine (C=N–C) groups is 1. The van der Waals surface area contributed by atoms with E-state index in [-0.39, 0.29) is 17.7 Å². The summed E-state index contributed by atoms with van der Waals surface area (Å²) in [5.74, 6) is 0.418. The first-order valence-electron chi connectivity index (χ1n) is 6.56. The summed E-state index contributed by atoms with van der Waals surface area (Å²) in [5.41, 5.74) is 5.23. The van der Waals surface area contributed by atoms with Gasteiger partial charge in [-0.2, -0.15) is 0 Å². The van der Waals surface area contributed by atoms with Gasteiger partial charge in [0.2, 0.25) is 0 Å². The molecule has 6 heteroatoms. The molecule has 3 N–H and O–H groups in total. The third-order valence-corrected chi connectivity index (χ3v) is 2.34. The summed E-state index contributed by atoms with van der Waals surface area (Å²) in [6.07, 6.45) is -0.290. The molecule has 1 fully saturated rings. The molecule has 0 radical (unpaired) electrons. The Labute approximate surface area is 115 Å². The van der Waals surface area contributed by atoms with Crippen LogP contribution < -0.4 is 11.1 Å². The summed E-state index contributed by atoms with van der Waals surface area (Å²) >= 11 is 0.